The van der Waals surface area contributed by atoms with Gasteiger partial charge in [-0.1, -0.05) is 18.2 Å². The number of benzene rings is 1. The largest absolute Gasteiger partial charge is 0.493 e. The summed E-state index contributed by atoms with van der Waals surface area (Å²) in [5, 5.41) is 9.26. The highest BCUT2D eigenvalue weighted by Gasteiger charge is 2.41. The maximum Gasteiger partial charge on any atom is 0.310 e. The van der Waals surface area contributed by atoms with Crippen molar-refractivity contribution in [2.45, 2.75) is 19.3 Å². The zero-order valence-corrected chi connectivity index (χ0v) is 11.1. The monoisotopic (exact) mass is 261 g/mol. The molecule has 1 N–H and O–H groups in total. The van der Waals surface area contributed by atoms with E-state index in [4.69, 9.17) is 4.74 Å². The zero-order valence-electron chi connectivity index (χ0n) is 11.1. The molecule has 1 saturated heterocycles. The van der Waals surface area contributed by atoms with E-state index in [-0.39, 0.29) is 0 Å². The molecular formula is C15H19NO3. The van der Waals surface area contributed by atoms with Crippen LogP contribution < -0.4 is 4.74 Å². The topological polar surface area (TPSA) is 49.8 Å². The molecule has 1 aromatic rings. The lowest BCUT2D eigenvalue weighted by Crippen LogP contribution is -2.33. The Kier molecular flexibility index (Phi) is 2.97. The van der Waals surface area contributed by atoms with E-state index in [0.29, 0.717) is 19.1 Å². The summed E-state index contributed by atoms with van der Waals surface area (Å²) in [6.45, 7) is 4.94. The molecule has 2 atom stereocenters. The maximum atomic E-state index is 11.3. The van der Waals surface area contributed by atoms with Gasteiger partial charge in [-0.05, 0) is 26.0 Å². The number of fused-ring (bicyclic) bond motifs is 1. The summed E-state index contributed by atoms with van der Waals surface area (Å²) in [5.41, 5.74) is 0.672. The molecule has 1 fully saturated rings. The predicted molar refractivity (Wildman–Crippen MR) is 71.5 cm³/mol. The van der Waals surface area contributed by atoms with Gasteiger partial charge in [0.1, 0.15) is 5.75 Å². The summed E-state index contributed by atoms with van der Waals surface area (Å²) < 4.78 is 5.68. The first kappa shape index (κ1) is 12.5. The molecule has 0 radical (unpaired) electrons. The van der Waals surface area contributed by atoms with Gasteiger partial charge in [-0.3, -0.25) is 4.79 Å². The Hall–Kier alpha value is -1.55. The summed E-state index contributed by atoms with van der Waals surface area (Å²) in [4.78, 5) is 13.5. The van der Waals surface area contributed by atoms with Gasteiger partial charge in [0.05, 0.1) is 12.0 Å². The molecule has 2 aliphatic rings. The van der Waals surface area contributed by atoms with Crippen LogP contribution in [0.3, 0.4) is 0 Å². The number of carbonyl (C=O) groups is 1. The summed E-state index contributed by atoms with van der Waals surface area (Å²) in [5.74, 6) is 0.665. The third-order valence-electron chi connectivity index (χ3n) is 4.35. The molecule has 4 nitrogen and oxygen atoms in total. The lowest BCUT2D eigenvalue weighted by atomic mass is 9.90. The fourth-order valence-electron chi connectivity index (χ4n) is 3.08. The molecule has 0 saturated carbocycles. The molecular weight excluding hydrogens is 242 g/mol. The summed E-state index contributed by atoms with van der Waals surface area (Å²) in [6, 6.07) is 8.13. The normalized spacial score (nSPS) is 30.1. The molecule has 0 bridgehead atoms. The second kappa shape index (κ2) is 4.53. The SMILES string of the molecule is CC1(C(=O)O)CCN(CC2COc3ccccc32)C1. The first-order chi connectivity index (χ1) is 9.08. The Labute approximate surface area is 113 Å². The van der Waals surface area contributed by atoms with Crippen LogP contribution in [-0.4, -0.2) is 42.2 Å². The highest BCUT2D eigenvalue weighted by molar-refractivity contribution is 5.74. The molecule has 2 aliphatic heterocycles. The van der Waals surface area contributed by atoms with Gasteiger partial charge >= 0.3 is 5.97 Å². The van der Waals surface area contributed by atoms with Crippen molar-refractivity contribution in [3.63, 3.8) is 0 Å². The van der Waals surface area contributed by atoms with Crippen LogP contribution in [0.25, 0.3) is 0 Å². The van der Waals surface area contributed by atoms with Crippen LogP contribution >= 0.6 is 0 Å². The molecule has 2 unspecified atom stereocenters. The molecule has 1 aromatic carbocycles. The van der Waals surface area contributed by atoms with Crippen molar-refractivity contribution in [2.75, 3.05) is 26.2 Å². The van der Waals surface area contributed by atoms with Crippen molar-refractivity contribution >= 4 is 5.97 Å². The van der Waals surface area contributed by atoms with E-state index in [0.717, 1.165) is 25.3 Å². The number of rotatable bonds is 3. The van der Waals surface area contributed by atoms with E-state index in [1.807, 2.05) is 25.1 Å². The Bertz CT molecular complexity index is 502. The minimum Gasteiger partial charge on any atom is -0.493 e. The number of aliphatic carboxylic acids is 1. The van der Waals surface area contributed by atoms with E-state index in [9.17, 15) is 9.90 Å². The molecule has 19 heavy (non-hydrogen) atoms. The van der Waals surface area contributed by atoms with Gasteiger partial charge in [-0.15, -0.1) is 0 Å². The molecule has 0 aliphatic carbocycles. The van der Waals surface area contributed by atoms with Crippen molar-refractivity contribution in [1.29, 1.82) is 0 Å². The minimum atomic E-state index is -0.682. The van der Waals surface area contributed by atoms with E-state index in [1.54, 1.807) is 0 Å². The van der Waals surface area contributed by atoms with Gasteiger partial charge in [0, 0.05) is 24.6 Å². The van der Waals surface area contributed by atoms with Crippen LogP contribution in [0.5, 0.6) is 5.75 Å². The van der Waals surface area contributed by atoms with E-state index < -0.39 is 11.4 Å². The number of carboxylic acids is 1. The predicted octanol–water partition coefficient (Wildman–Crippen LogP) is 1.96. The van der Waals surface area contributed by atoms with Gasteiger partial charge in [0.2, 0.25) is 0 Å². The fraction of sp³-hybridized carbons (Fsp3) is 0.533. The highest BCUT2D eigenvalue weighted by Crippen LogP contribution is 2.36. The Morgan fingerprint density at radius 3 is 3.05 bits per heavy atom. The third-order valence-corrected chi connectivity index (χ3v) is 4.35. The molecule has 4 heteroatoms. The standard InChI is InChI=1S/C15H19NO3/c1-15(14(17)18)6-7-16(10-15)8-11-9-19-13-5-3-2-4-12(11)13/h2-5,11H,6-10H2,1H3,(H,17,18). The van der Waals surface area contributed by atoms with Gasteiger partial charge in [0.25, 0.3) is 0 Å². The number of nitrogens with zero attached hydrogens (tertiary/aromatic N) is 1. The van der Waals surface area contributed by atoms with Crippen LogP contribution in [0.4, 0.5) is 0 Å². The van der Waals surface area contributed by atoms with Gasteiger partial charge < -0.3 is 14.7 Å². The average Bonchev–Trinajstić information content (AvgIpc) is 2.96. The highest BCUT2D eigenvalue weighted by atomic mass is 16.5. The first-order valence-electron chi connectivity index (χ1n) is 6.76. The van der Waals surface area contributed by atoms with Crippen LogP contribution in [0.15, 0.2) is 24.3 Å². The minimum absolute atomic E-state index is 0.368. The van der Waals surface area contributed by atoms with Gasteiger partial charge in [-0.2, -0.15) is 0 Å². The van der Waals surface area contributed by atoms with E-state index in [1.165, 1.54) is 5.56 Å². The molecule has 3 rings (SSSR count). The lowest BCUT2D eigenvalue weighted by Gasteiger charge is -2.22. The summed E-state index contributed by atoms with van der Waals surface area (Å²) in [7, 11) is 0. The van der Waals surface area contributed by atoms with Crippen molar-refractivity contribution in [3.8, 4) is 5.75 Å². The number of hydrogen-bond donors (Lipinski definition) is 1. The average molecular weight is 261 g/mol. The lowest BCUT2D eigenvalue weighted by molar-refractivity contribution is -0.147. The fourth-order valence-corrected chi connectivity index (χ4v) is 3.08. The molecule has 0 aromatic heterocycles. The van der Waals surface area contributed by atoms with Crippen molar-refractivity contribution in [1.82, 2.24) is 4.90 Å². The smallest absolute Gasteiger partial charge is 0.310 e. The number of carboxylic acid groups (broad SMARTS) is 1. The van der Waals surface area contributed by atoms with Crippen LogP contribution in [-0.2, 0) is 4.79 Å². The van der Waals surface area contributed by atoms with Crippen LogP contribution in [0.1, 0.15) is 24.8 Å². The van der Waals surface area contributed by atoms with Crippen LogP contribution in [0.2, 0.25) is 0 Å². The van der Waals surface area contributed by atoms with Crippen molar-refractivity contribution < 1.29 is 14.6 Å². The second-order valence-corrected chi connectivity index (χ2v) is 5.90. The van der Waals surface area contributed by atoms with Gasteiger partial charge in [-0.25, -0.2) is 0 Å². The zero-order chi connectivity index (χ0) is 13.5. The van der Waals surface area contributed by atoms with Crippen LogP contribution in [0, 0.1) is 5.41 Å². The third kappa shape index (κ3) is 2.21. The second-order valence-electron chi connectivity index (χ2n) is 5.90. The summed E-state index contributed by atoms with van der Waals surface area (Å²) >= 11 is 0. The first-order valence-corrected chi connectivity index (χ1v) is 6.76. The van der Waals surface area contributed by atoms with Crippen molar-refractivity contribution in [3.05, 3.63) is 29.8 Å². The Morgan fingerprint density at radius 2 is 2.32 bits per heavy atom. The molecule has 2 heterocycles. The summed E-state index contributed by atoms with van der Waals surface area (Å²) in [6.07, 6.45) is 0.734. The maximum absolute atomic E-state index is 11.3. The number of ether oxygens (including phenoxy) is 1. The number of hydrogen-bond acceptors (Lipinski definition) is 3. The van der Waals surface area contributed by atoms with E-state index >= 15 is 0 Å². The molecule has 102 valence electrons. The van der Waals surface area contributed by atoms with Crippen molar-refractivity contribution in [2.24, 2.45) is 5.41 Å². The Morgan fingerprint density at radius 1 is 1.53 bits per heavy atom. The molecule has 0 spiro atoms. The van der Waals surface area contributed by atoms with E-state index in [2.05, 4.69) is 11.0 Å². The number of para-hydroxylation sites is 1. The molecule has 0 amide bonds. The Balaban J connectivity index is 1.67. The number of likely N-dealkylation sites (tertiary alicyclic amines) is 1. The quantitative estimate of drug-likeness (QED) is 0.903. The van der Waals surface area contributed by atoms with Gasteiger partial charge in [0.15, 0.2) is 0 Å².